The molecule has 26 heavy (non-hydrogen) atoms. The Hall–Kier alpha value is -2.57. The van der Waals surface area contributed by atoms with Crippen LogP contribution in [0.3, 0.4) is 0 Å². The lowest BCUT2D eigenvalue weighted by Gasteiger charge is -2.12. The number of nitriles is 1. The van der Waals surface area contributed by atoms with Crippen molar-refractivity contribution in [2.24, 2.45) is 0 Å². The normalized spacial score (nSPS) is 10.5. The van der Waals surface area contributed by atoms with Crippen molar-refractivity contribution in [3.8, 4) is 28.5 Å². The van der Waals surface area contributed by atoms with E-state index in [1.54, 1.807) is 11.8 Å². The van der Waals surface area contributed by atoms with Crippen LogP contribution in [0, 0.1) is 18.3 Å². The molecule has 3 rings (SSSR count). The van der Waals surface area contributed by atoms with Gasteiger partial charge in [0.25, 0.3) is 0 Å². The van der Waals surface area contributed by atoms with Crippen molar-refractivity contribution in [3.05, 3.63) is 71.8 Å². The number of pyridine rings is 1. The molecule has 3 heteroatoms. The van der Waals surface area contributed by atoms with Crippen LogP contribution in [0.25, 0.3) is 22.4 Å². The van der Waals surface area contributed by atoms with Crippen molar-refractivity contribution in [2.75, 3.05) is 5.75 Å². The van der Waals surface area contributed by atoms with E-state index in [-0.39, 0.29) is 0 Å². The summed E-state index contributed by atoms with van der Waals surface area (Å²) in [5.41, 5.74) is 5.91. The number of hydrogen-bond donors (Lipinski definition) is 0. The van der Waals surface area contributed by atoms with Crippen LogP contribution in [0.4, 0.5) is 0 Å². The predicted molar refractivity (Wildman–Crippen MR) is 110 cm³/mol. The van der Waals surface area contributed by atoms with Gasteiger partial charge in [-0.2, -0.15) is 5.26 Å². The third-order valence-corrected chi connectivity index (χ3v) is 5.33. The number of unbranched alkanes of at least 4 members (excludes halogenated alkanes) is 1. The monoisotopic (exact) mass is 358 g/mol. The van der Waals surface area contributed by atoms with Gasteiger partial charge in [-0.15, -0.1) is 11.8 Å². The van der Waals surface area contributed by atoms with E-state index < -0.39 is 0 Å². The smallest absolute Gasteiger partial charge is 0.115 e. The second-order valence-corrected chi connectivity index (χ2v) is 7.36. The number of rotatable bonds is 6. The standard InChI is InChI=1S/C23H22N2S/c1-3-4-14-26-23-21(16-24)20(18-8-6-5-7-9-18)15-22(25-23)19-12-10-17(2)11-13-19/h5-13,15H,3-4,14H2,1-2H3. The molecular weight excluding hydrogens is 336 g/mol. The number of hydrogen-bond acceptors (Lipinski definition) is 3. The Balaban J connectivity index is 2.15. The number of aromatic nitrogens is 1. The van der Waals surface area contributed by atoms with Crippen molar-refractivity contribution >= 4 is 11.8 Å². The first-order chi connectivity index (χ1) is 12.7. The van der Waals surface area contributed by atoms with Gasteiger partial charge in [0, 0.05) is 11.1 Å². The Morgan fingerprint density at radius 3 is 2.38 bits per heavy atom. The minimum Gasteiger partial charge on any atom is -0.240 e. The zero-order valence-corrected chi connectivity index (χ0v) is 16.0. The van der Waals surface area contributed by atoms with Crippen molar-refractivity contribution < 1.29 is 0 Å². The first kappa shape index (κ1) is 18.2. The van der Waals surface area contributed by atoms with E-state index in [1.807, 2.05) is 24.3 Å². The van der Waals surface area contributed by atoms with Gasteiger partial charge in [-0.1, -0.05) is 73.5 Å². The fourth-order valence-corrected chi connectivity index (χ4v) is 3.85. The Morgan fingerprint density at radius 1 is 1.00 bits per heavy atom. The van der Waals surface area contributed by atoms with Gasteiger partial charge in [-0.05, 0) is 30.7 Å². The lowest BCUT2D eigenvalue weighted by Crippen LogP contribution is -1.96. The summed E-state index contributed by atoms with van der Waals surface area (Å²) in [7, 11) is 0. The number of nitrogens with zero attached hydrogens (tertiary/aromatic N) is 2. The third kappa shape index (κ3) is 4.15. The summed E-state index contributed by atoms with van der Waals surface area (Å²) in [6, 6.07) is 22.9. The van der Waals surface area contributed by atoms with Crippen molar-refractivity contribution in [3.63, 3.8) is 0 Å². The third-order valence-electron chi connectivity index (χ3n) is 4.27. The molecule has 0 amide bonds. The molecule has 2 aromatic carbocycles. The Morgan fingerprint density at radius 2 is 1.73 bits per heavy atom. The van der Waals surface area contributed by atoms with Gasteiger partial charge < -0.3 is 0 Å². The SMILES string of the molecule is CCCCSc1nc(-c2ccc(C)cc2)cc(-c2ccccc2)c1C#N. The summed E-state index contributed by atoms with van der Waals surface area (Å²) in [4.78, 5) is 4.84. The highest BCUT2D eigenvalue weighted by molar-refractivity contribution is 7.99. The summed E-state index contributed by atoms with van der Waals surface area (Å²) in [6.07, 6.45) is 2.25. The lowest BCUT2D eigenvalue weighted by atomic mass is 9.99. The minimum atomic E-state index is 0.674. The van der Waals surface area contributed by atoms with E-state index in [1.165, 1.54) is 5.56 Å². The maximum absolute atomic E-state index is 9.81. The highest BCUT2D eigenvalue weighted by atomic mass is 32.2. The zero-order chi connectivity index (χ0) is 18.4. The summed E-state index contributed by atoms with van der Waals surface area (Å²) >= 11 is 1.68. The first-order valence-corrected chi connectivity index (χ1v) is 9.92. The van der Waals surface area contributed by atoms with E-state index in [2.05, 4.69) is 56.3 Å². The second kappa shape index (κ2) is 8.69. The van der Waals surface area contributed by atoms with Crippen LogP contribution in [0.1, 0.15) is 30.9 Å². The van der Waals surface area contributed by atoms with Gasteiger partial charge in [-0.3, -0.25) is 0 Å². The first-order valence-electron chi connectivity index (χ1n) is 8.93. The van der Waals surface area contributed by atoms with Crippen LogP contribution in [0.2, 0.25) is 0 Å². The zero-order valence-electron chi connectivity index (χ0n) is 15.2. The highest BCUT2D eigenvalue weighted by Crippen LogP contribution is 2.34. The van der Waals surface area contributed by atoms with Crippen LogP contribution >= 0.6 is 11.8 Å². The van der Waals surface area contributed by atoms with E-state index in [0.29, 0.717) is 5.56 Å². The topological polar surface area (TPSA) is 36.7 Å². The summed E-state index contributed by atoms with van der Waals surface area (Å²) in [5, 5.41) is 10.6. The van der Waals surface area contributed by atoms with Gasteiger partial charge in [0.2, 0.25) is 0 Å². The van der Waals surface area contributed by atoms with Crippen LogP contribution in [0.15, 0.2) is 65.7 Å². The van der Waals surface area contributed by atoms with Crippen LogP contribution in [0.5, 0.6) is 0 Å². The maximum Gasteiger partial charge on any atom is 0.115 e. The minimum absolute atomic E-state index is 0.674. The predicted octanol–water partition coefficient (Wildman–Crippen LogP) is 6.49. The fourth-order valence-electron chi connectivity index (χ4n) is 2.76. The molecule has 0 atom stereocenters. The average molecular weight is 359 g/mol. The molecule has 2 nitrogen and oxygen atoms in total. The largest absolute Gasteiger partial charge is 0.240 e. The Labute approximate surface area is 159 Å². The molecule has 0 spiro atoms. The molecular formula is C23H22N2S. The molecule has 0 radical (unpaired) electrons. The molecule has 1 aromatic heterocycles. The Kier molecular flexibility index (Phi) is 6.09. The quantitative estimate of drug-likeness (QED) is 0.373. The average Bonchev–Trinajstić information content (AvgIpc) is 2.69. The van der Waals surface area contributed by atoms with Crippen LogP contribution < -0.4 is 0 Å². The Bertz CT molecular complexity index is 909. The molecule has 0 unspecified atom stereocenters. The van der Waals surface area contributed by atoms with Gasteiger partial charge >= 0.3 is 0 Å². The molecule has 0 aliphatic carbocycles. The lowest BCUT2D eigenvalue weighted by molar-refractivity contribution is 0.894. The molecule has 0 saturated heterocycles. The molecule has 0 saturated carbocycles. The number of aryl methyl sites for hydroxylation is 1. The highest BCUT2D eigenvalue weighted by Gasteiger charge is 2.15. The van der Waals surface area contributed by atoms with Crippen molar-refractivity contribution in [1.82, 2.24) is 4.98 Å². The maximum atomic E-state index is 9.81. The van der Waals surface area contributed by atoms with Crippen molar-refractivity contribution in [2.45, 2.75) is 31.7 Å². The van der Waals surface area contributed by atoms with Gasteiger partial charge in [0.15, 0.2) is 0 Å². The molecule has 1 heterocycles. The van der Waals surface area contributed by atoms with E-state index in [4.69, 9.17) is 4.98 Å². The van der Waals surface area contributed by atoms with E-state index >= 15 is 0 Å². The molecule has 0 N–H and O–H groups in total. The molecule has 3 aromatic rings. The van der Waals surface area contributed by atoms with E-state index in [0.717, 1.165) is 46.0 Å². The molecule has 0 fully saturated rings. The van der Waals surface area contributed by atoms with Gasteiger partial charge in [0.1, 0.15) is 11.1 Å². The molecule has 0 bridgehead atoms. The molecule has 0 aliphatic heterocycles. The van der Waals surface area contributed by atoms with Gasteiger partial charge in [0.05, 0.1) is 11.3 Å². The van der Waals surface area contributed by atoms with Gasteiger partial charge in [-0.25, -0.2) is 4.98 Å². The summed E-state index contributed by atoms with van der Waals surface area (Å²) in [5.74, 6) is 0.976. The second-order valence-electron chi connectivity index (χ2n) is 6.28. The van der Waals surface area contributed by atoms with Crippen LogP contribution in [-0.4, -0.2) is 10.7 Å². The summed E-state index contributed by atoms with van der Waals surface area (Å²) in [6.45, 7) is 4.26. The fraction of sp³-hybridized carbons (Fsp3) is 0.217. The van der Waals surface area contributed by atoms with Crippen LogP contribution in [-0.2, 0) is 0 Å². The molecule has 0 aliphatic rings. The molecule has 130 valence electrons. The van der Waals surface area contributed by atoms with E-state index in [9.17, 15) is 5.26 Å². The number of thioether (sulfide) groups is 1. The number of benzene rings is 2. The van der Waals surface area contributed by atoms with Crippen molar-refractivity contribution in [1.29, 1.82) is 5.26 Å². The summed E-state index contributed by atoms with van der Waals surface area (Å²) < 4.78 is 0.